The molecule has 4 amide bonds. The van der Waals surface area contributed by atoms with E-state index in [0.29, 0.717) is 55.2 Å². The number of nitrogens with one attached hydrogen (secondary N) is 1. The van der Waals surface area contributed by atoms with Crippen molar-refractivity contribution in [3.8, 4) is 5.75 Å². The van der Waals surface area contributed by atoms with Gasteiger partial charge in [0, 0.05) is 68.5 Å². The van der Waals surface area contributed by atoms with Gasteiger partial charge in [-0.2, -0.15) is 0 Å². The van der Waals surface area contributed by atoms with Crippen molar-refractivity contribution < 1.29 is 23.9 Å². The van der Waals surface area contributed by atoms with Gasteiger partial charge in [0.05, 0.1) is 24.9 Å². The quantitative estimate of drug-likeness (QED) is 0.482. The van der Waals surface area contributed by atoms with Crippen molar-refractivity contribution in [2.24, 2.45) is 18.9 Å². The topological polar surface area (TPSA) is 127 Å². The van der Waals surface area contributed by atoms with Crippen LogP contribution >= 0.6 is 11.6 Å². The van der Waals surface area contributed by atoms with E-state index in [9.17, 15) is 19.2 Å². The number of halogens is 1. The summed E-state index contributed by atoms with van der Waals surface area (Å²) in [6, 6.07) is 2.92. The first-order valence-electron chi connectivity index (χ1n) is 13.9. The van der Waals surface area contributed by atoms with E-state index in [1.807, 2.05) is 6.20 Å². The Morgan fingerprint density at radius 3 is 2.50 bits per heavy atom. The fraction of sp³-hybridized carbons (Fsp3) is 0.571. The molecule has 1 saturated heterocycles. The van der Waals surface area contributed by atoms with E-state index >= 15 is 0 Å². The zero-order valence-corrected chi connectivity index (χ0v) is 23.7. The van der Waals surface area contributed by atoms with Gasteiger partial charge in [-0.3, -0.25) is 28.8 Å². The van der Waals surface area contributed by atoms with E-state index in [0.717, 1.165) is 24.1 Å². The molecule has 0 radical (unpaired) electrons. The van der Waals surface area contributed by atoms with Crippen LogP contribution < -0.4 is 10.1 Å². The molecule has 12 heteroatoms. The molecular weight excluding hydrogens is 536 g/mol. The Bertz CT molecular complexity index is 1300. The Kier molecular flexibility index (Phi) is 8.39. The Hall–Kier alpha value is -3.47. The van der Waals surface area contributed by atoms with Crippen LogP contribution in [0.15, 0.2) is 18.3 Å². The SMILES string of the molecule is CNC(=O)[C@H]1CCCC[C@H]1C(=O)N1CCc2c(Cl)ccc(OCCc3cn(C)nn3)c2[C@H]1CN1C(=O)CCC1=O. The van der Waals surface area contributed by atoms with Crippen LogP contribution in [-0.2, 0) is 39.1 Å². The number of aromatic nitrogens is 3. The Balaban J connectivity index is 1.49. The lowest BCUT2D eigenvalue weighted by Gasteiger charge is -2.43. The molecule has 0 unspecified atom stereocenters. The summed E-state index contributed by atoms with van der Waals surface area (Å²) >= 11 is 6.67. The maximum absolute atomic E-state index is 14.2. The van der Waals surface area contributed by atoms with E-state index in [4.69, 9.17) is 16.3 Å². The molecule has 3 aliphatic rings. The highest BCUT2D eigenvalue weighted by Gasteiger charge is 2.44. The highest BCUT2D eigenvalue weighted by Crippen LogP contribution is 2.43. The molecule has 1 aliphatic carbocycles. The molecule has 2 aliphatic heterocycles. The van der Waals surface area contributed by atoms with E-state index in [1.54, 1.807) is 35.8 Å². The molecule has 1 aromatic carbocycles. The first-order valence-corrected chi connectivity index (χ1v) is 14.3. The van der Waals surface area contributed by atoms with Crippen LogP contribution in [0.4, 0.5) is 0 Å². The fourth-order valence-electron chi connectivity index (χ4n) is 6.27. The predicted molar refractivity (Wildman–Crippen MR) is 145 cm³/mol. The van der Waals surface area contributed by atoms with E-state index in [2.05, 4.69) is 15.6 Å². The van der Waals surface area contributed by atoms with E-state index < -0.39 is 17.9 Å². The molecule has 2 fully saturated rings. The molecule has 1 saturated carbocycles. The smallest absolute Gasteiger partial charge is 0.229 e. The van der Waals surface area contributed by atoms with Crippen molar-refractivity contribution in [2.45, 2.75) is 57.4 Å². The van der Waals surface area contributed by atoms with Crippen molar-refractivity contribution in [2.75, 3.05) is 26.7 Å². The maximum Gasteiger partial charge on any atom is 0.229 e. The number of likely N-dealkylation sites (tertiary alicyclic amines) is 1. The molecular formula is C28H35ClN6O5. The zero-order valence-electron chi connectivity index (χ0n) is 22.9. The van der Waals surface area contributed by atoms with Gasteiger partial charge in [-0.1, -0.05) is 29.7 Å². The minimum absolute atomic E-state index is 0.0225. The molecule has 3 atom stereocenters. The first kappa shape index (κ1) is 28.1. The summed E-state index contributed by atoms with van der Waals surface area (Å²) in [4.78, 5) is 55.3. The summed E-state index contributed by atoms with van der Waals surface area (Å²) in [5, 5.41) is 11.3. The average molecular weight is 571 g/mol. The minimum Gasteiger partial charge on any atom is -0.493 e. The monoisotopic (exact) mass is 570 g/mol. The van der Waals surface area contributed by atoms with Gasteiger partial charge in [0.1, 0.15) is 5.75 Å². The molecule has 0 spiro atoms. The van der Waals surface area contributed by atoms with Crippen molar-refractivity contribution in [3.63, 3.8) is 0 Å². The molecule has 1 aromatic heterocycles. The van der Waals surface area contributed by atoms with Gasteiger partial charge in [-0.15, -0.1) is 5.10 Å². The summed E-state index contributed by atoms with van der Waals surface area (Å²) in [5.41, 5.74) is 2.34. The number of nitrogens with zero attached hydrogens (tertiary/aromatic N) is 5. The van der Waals surface area contributed by atoms with Gasteiger partial charge < -0.3 is 15.0 Å². The summed E-state index contributed by atoms with van der Waals surface area (Å²) in [7, 11) is 3.39. The summed E-state index contributed by atoms with van der Waals surface area (Å²) in [6.45, 7) is 0.706. The second-order valence-corrected chi connectivity index (χ2v) is 11.1. The Morgan fingerprint density at radius 2 is 1.82 bits per heavy atom. The standard InChI is InChI=1S/C28H35ClN6O5/c1-30-27(38)18-5-3-4-6-19(18)28(39)34-13-11-20-21(29)7-8-23(40-14-12-17-15-33(2)32-31-17)26(20)22(34)16-35-24(36)9-10-25(35)37/h7-8,15,18-19,22H,3-6,9-14,16H2,1-2H3,(H,30,38)/t18-,19+,22+/m0/s1. The normalized spacial score (nSPS) is 22.8. The lowest BCUT2D eigenvalue weighted by atomic mass is 9.77. The van der Waals surface area contributed by atoms with Gasteiger partial charge in [-0.25, -0.2) is 0 Å². The van der Waals surface area contributed by atoms with Gasteiger partial charge >= 0.3 is 0 Å². The number of aryl methyl sites for hydroxylation is 1. The Morgan fingerprint density at radius 1 is 1.10 bits per heavy atom. The lowest BCUT2D eigenvalue weighted by molar-refractivity contribution is -0.148. The molecule has 0 bridgehead atoms. The van der Waals surface area contributed by atoms with Crippen LogP contribution in [0.2, 0.25) is 5.02 Å². The highest BCUT2D eigenvalue weighted by atomic mass is 35.5. The number of hydrogen-bond donors (Lipinski definition) is 1. The van der Waals surface area contributed by atoms with Crippen molar-refractivity contribution >= 4 is 35.2 Å². The van der Waals surface area contributed by atoms with Gasteiger partial charge in [-0.05, 0) is 37.0 Å². The van der Waals surface area contributed by atoms with E-state index in [1.165, 1.54) is 4.90 Å². The molecule has 1 N–H and O–H groups in total. The maximum atomic E-state index is 14.2. The fourth-order valence-corrected chi connectivity index (χ4v) is 6.53. The third kappa shape index (κ3) is 5.56. The molecule has 40 heavy (non-hydrogen) atoms. The van der Waals surface area contributed by atoms with E-state index in [-0.39, 0.29) is 43.0 Å². The van der Waals surface area contributed by atoms with Crippen molar-refractivity contribution in [1.82, 2.24) is 30.1 Å². The number of hydrogen-bond acceptors (Lipinski definition) is 7. The number of carbonyl (C=O) groups is 4. The number of carbonyl (C=O) groups excluding carboxylic acids is 4. The Labute approximate surface area is 238 Å². The summed E-state index contributed by atoms with van der Waals surface area (Å²) < 4.78 is 7.87. The molecule has 214 valence electrons. The number of benzene rings is 1. The highest BCUT2D eigenvalue weighted by molar-refractivity contribution is 6.31. The van der Waals surface area contributed by atoms with Crippen LogP contribution in [0.5, 0.6) is 5.75 Å². The molecule has 2 aromatic rings. The van der Waals surface area contributed by atoms with Gasteiger partial charge in [0.2, 0.25) is 23.6 Å². The molecule has 3 heterocycles. The second kappa shape index (κ2) is 12.0. The lowest BCUT2D eigenvalue weighted by Crippen LogP contribution is -2.51. The van der Waals surface area contributed by atoms with Crippen LogP contribution in [-0.4, -0.2) is 75.2 Å². The summed E-state index contributed by atoms with van der Waals surface area (Å²) in [6.07, 6.45) is 6.18. The molecule has 11 nitrogen and oxygen atoms in total. The summed E-state index contributed by atoms with van der Waals surface area (Å²) in [5.74, 6) is -1.10. The third-order valence-corrected chi connectivity index (χ3v) is 8.65. The first-order chi connectivity index (χ1) is 19.3. The number of imide groups is 1. The number of amides is 4. The van der Waals surface area contributed by atoms with Crippen LogP contribution in [0.25, 0.3) is 0 Å². The molecule has 5 rings (SSSR count). The number of rotatable bonds is 8. The van der Waals surface area contributed by atoms with Gasteiger partial charge in [0.25, 0.3) is 0 Å². The zero-order chi connectivity index (χ0) is 28.4. The van der Waals surface area contributed by atoms with Crippen LogP contribution in [0, 0.1) is 11.8 Å². The predicted octanol–water partition coefficient (Wildman–Crippen LogP) is 2.22. The number of ether oxygens (including phenoxy) is 1. The minimum atomic E-state index is -0.639. The second-order valence-electron chi connectivity index (χ2n) is 10.7. The van der Waals surface area contributed by atoms with Crippen LogP contribution in [0.1, 0.15) is 61.4 Å². The average Bonchev–Trinajstić information content (AvgIpc) is 3.52. The van der Waals surface area contributed by atoms with Crippen molar-refractivity contribution in [1.29, 1.82) is 0 Å². The largest absolute Gasteiger partial charge is 0.493 e. The number of fused-ring (bicyclic) bond motifs is 1. The van der Waals surface area contributed by atoms with Crippen LogP contribution in [0.3, 0.4) is 0 Å². The van der Waals surface area contributed by atoms with Crippen molar-refractivity contribution in [3.05, 3.63) is 40.2 Å². The third-order valence-electron chi connectivity index (χ3n) is 8.30. The van der Waals surface area contributed by atoms with Gasteiger partial charge in [0.15, 0.2) is 0 Å².